The Morgan fingerprint density at radius 1 is 1.13 bits per heavy atom. The molecular weight excluding hydrogens is 288 g/mol. The van der Waals surface area contributed by atoms with Crippen molar-refractivity contribution in [2.24, 2.45) is 5.92 Å². The Morgan fingerprint density at radius 2 is 1.87 bits per heavy atom. The summed E-state index contributed by atoms with van der Waals surface area (Å²) in [6.45, 7) is 7.73. The van der Waals surface area contributed by atoms with E-state index in [9.17, 15) is 4.79 Å². The summed E-state index contributed by atoms with van der Waals surface area (Å²) in [5.41, 5.74) is 1.23. The summed E-state index contributed by atoms with van der Waals surface area (Å²) in [4.78, 5) is 13.9. The van der Waals surface area contributed by atoms with E-state index in [1.807, 2.05) is 38.1 Å². The topological polar surface area (TPSA) is 58.1 Å². The van der Waals surface area contributed by atoms with Crippen molar-refractivity contribution >= 4 is 17.5 Å². The molecule has 0 atom stereocenters. The second-order valence-electron chi connectivity index (χ2n) is 5.92. The molecule has 1 amide bonds. The third-order valence-corrected chi connectivity index (χ3v) is 3.43. The quantitative estimate of drug-likeness (QED) is 0.850. The highest BCUT2D eigenvalue weighted by Crippen LogP contribution is 2.15. The number of carbonyl (C=O) groups is 1. The van der Waals surface area contributed by atoms with E-state index in [1.165, 1.54) is 5.56 Å². The van der Waals surface area contributed by atoms with Gasteiger partial charge in [0.25, 0.3) is 0 Å². The fourth-order valence-corrected chi connectivity index (χ4v) is 2.28. The van der Waals surface area contributed by atoms with Gasteiger partial charge in [0, 0.05) is 19.5 Å². The van der Waals surface area contributed by atoms with Crippen LogP contribution in [0.25, 0.3) is 0 Å². The summed E-state index contributed by atoms with van der Waals surface area (Å²) in [6, 6.07) is 13.9. The lowest BCUT2D eigenvalue weighted by Crippen LogP contribution is -2.23. The Kier molecular flexibility index (Phi) is 6.09. The predicted octanol–water partition coefficient (Wildman–Crippen LogP) is 3.49. The smallest absolute Gasteiger partial charge is 0.225 e. The number of amides is 1. The van der Waals surface area contributed by atoms with E-state index >= 15 is 0 Å². The molecule has 5 heteroatoms. The van der Waals surface area contributed by atoms with E-state index in [4.69, 9.17) is 0 Å². The molecule has 2 rings (SSSR count). The second kappa shape index (κ2) is 8.27. The predicted molar refractivity (Wildman–Crippen MR) is 93.3 cm³/mol. The first-order chi connectivity index (χ1) is 11.1. The van der Waals surface area contributed by atoms with Gasteiger partial charge in [-0.05, 0) is 30.5 Å². The lowest BCUT2D eigenvalue weighted by Gasteiger charge is -2.21. The van der Waals surface area contributed by atoms with Crippen LogP contribution in [0.5, 0.6) is 0 Å². The van der Waals surface area contributed by atoms with Gasteiger partial charge in [-0.15, -0.1) is 10.2 Å². The van der Waals surface area contributed by atoms with Gasteiger partial charge in [-0.1, -0.05) is 44.2 Å². The van der Waals surface area contributed by atoms with Gasteiger partial charge in [0.15, 0.2) is 11.6 Å². The summed E-state index contributed by atoms with van der Waals surface area (Å²) in [6.07, 6.45) is 0.485. The SMILES string of the molecule is CCN(Cc1ccccc1)c1ccc(NC(=O)CC(C)C)nn1. The fourth-order valence-electron chi connectivity index (χ4n) is 2.28. The third kappa shape index (κ3) is 5.36. The van der Waals surface area contributed by atoms with Gasteiger partial charge < -0.3 is 10.2 Å². The summed E-state index contributed by atoms with van der Waals surface area (Å²) < 4.78 is 0. The van der Waals surface area contributed by atoms with Crippen molar-refractivity contribution < 1.29 is 4.79 Å². The van der Waals surface area contributed by atoms with E-state index in [2.05, 4.69) is 39.5 Å². The number of aromatic nitrogens is 2. The zero-order valence-electron chi connectivity index (χ0n) is 14.0. The van der Waals surface area contributed by atoms with Crippen molar-refractivity contribution in [2.45, 2.75) is 33.7 Å². The van der Waals surface area contributed by atoms with Crippen LogP contribution >= 0.6 is 0 Å². The van der Waals surface area contributed by atoms with Gasteiger partial charge in [0.2, 0.25) is 5.91 Å². The molecule has 0 unspecified atom stereocenters. The number of hydrogen-bond acceptors (Lipinski definition) is 4. The van der Waals surface area contributed by atoms with Crippen LogP contribution in [0.15, 0.2) is 42.5 Å². The third-order valence-electron chi connectivity index (χ3n) is 3.43. The van der Waals surface area contributed by atoms with Gasteiger partial charge >= 0.3 is 0 Å². The highest BCUT2D eigenvalue weighted by Gasteiger charge is 2.09. The molecule has 5 nitrogen and oxygen atoms in total. The maximum Gasteiger partial charge on any atom is 0.225 e. The number of rotatable bonds is 7. The molecule has 1 N–H and O–H groups in total. The Hall–Kier alpha value is -2.43. The largest absolute Gasteiger partial charge is 0.351 e. The molecule has 2 aromatic rings. The van der Waals surface area contributed by atoms with Crippen molar-refractivity contribution in [1.29, 1.82) is 0 Å². The molecule has 0 radical (unpaired) electrons. The van der Waals surface area contributed by atoms with Crippen molar-refractivity contribution in [3.05, 3.63) is 48.0 Å². The zero-order chi connectivity index (χ0) is 16.7. The van der Waals surface area contributed by atoms with Crippen LogP contribution in [0.2, 0.25) is 0 Å². The molecule has 122 valence electrons. The highest BCUT2D eigenvalue weighted by molar-refractivity contribution is 5.89. The van der Waals surface area contributed by atoms with Gasteiger partial charge in [0.1, 0.15) is 0 Å². The number of nitrogens with zero attached hydrogens (tertiary/aromatic N) is 3. The van der Waals surface area contributed by atoms with Crippen molar-refractivity contribution in [3.63, 3.8) is 0 Å². The Labute approximate surface area is 137 Å². The van der Waals surface area contributed by atoms with E-state index in [1.54, 1.807) is 6.07 Å². The standard InChI is InChI=1S/C18H24N4O/c1-4-22(13-15-8-6-5-7-9-15)17-11-10-16(20-21-17)19-18(23)12-14(2)3/h5-11,14H,4,12-13H2,1-3H3,(H,19,20,23). The molecule has 1 aromatic carbocycles. The molecule has 23 heavy (non-hydrogen) atoms. The van der Waals surface area contributed by atoms with Crippen molar-refractivity contribution in [2.75, 3.05) is 16.8 Å². The minimum Gasteiger partial charge on any atom is -0.351 e. The normalized spacial score (nSPS) is 10.6. The molecule has 0 bridgehead atoms. The fraction of sp³-hybridized carbons (Fsp3) is 0.389. The van der Waals surface area contributed by atoms with E-state index in [0.29, 0.717) is 18.2 Å². The Morgan fingerprint density at radius 3 is 2.43 bits per heavy atom. The molecule has 0 saturated heterocycles. The lowest BCUT2D eigenvalue weighted by molar-refractivity contribution is -0.116. The minimum absolute atomic E-state index is 0.0290. The van der Waals surface area contributed by atoms with E-state index in [0.717, 1.165) is 18.9 Å². The lowest BCUT2D eigenvalue weighted by atomic mass is 10.1. The van der Waals surface area contributed by atoms with Crippen LogP contribution in [0.1, 0.15) is 32.8 Å². The van der Waals surface area contributed by atoms with E-state index < -0.39 is 0 Å². The molecule has 0 aliphatic rings. The molecule has 0 spiro atoms. The number of carbonyl (C=O) groups excluding carboxylic acids is 1. The average Bonchev–Trinajstić information content (AvgIpc) is 2.53. The Bertz CT molecular complexity index is 611. The maximum absolute atomic E-state index is 11.7. The first-order valence-corrected chi connectivity index (χ1v) is 8.01. The average molecular weight is 312 g/mol. The van der Waals surface area contributed by atoms with Gasteiger partial charge in [-0.3, -0.25) is 4.79 Å². The van der Waals surface area contributed by atoms with Crippen LogP contribution in [-0.4, -0.2) is 22.6 Å². The molecular formula is C18H24N4O. The summed E-state index contributed by atoms with van der Waals surface area (Å²) in [5, 5.41) is 11.1. The van der Waals surface area contributed by atoms with Crippen LogP contribution in [0.3, 0.4) is 0 Å². The number of anilines is 2. The van der Waals surface area contributed by atoms with Crippen molar-refractivity contribution in [3.8, 4) is 0 Å². The molecule has 0 fully saturated rings. The number of nitrogens with one attached hydrogen (secondary N) is 1. The number of hydrogen-bond donors (Lipinski definition) is 1. The molecule has 0 aliphatic heterocycles. The number of benzene rings is 1. The molecule has 1 aromatic heterocycles. The van der Waals surface area contributed by atoms with Crippen LogP contribution in [0, 0.1) is 5.92 Å². The van der Waals surface area contributed by atoms with Gasteiger partial charge in [0.05, 0.1) is 0 Å². The zero-order valence-corrected chi connectivity index (χ0v) is 14.0. The van der Waals surface area contributed by atoms with Gasteiger partial charge in [-0.2, -0.15) is 0 Å². The highest BCUT2D eigenvalue weighted by atomic mass is 16.1. The summed E-state index contributed by atoms with van der Waals surface area (Å²) in [7, 11) is 0. The first kappa shape index (κ1) is 16.9. The van der Waals surface area contributed by atoms with Gasteiger partial charge in [-0.25, -0.2) is 0 Å². The monoisotopic (exact) mass is 312 g/mol. The molecule has 1 heterocycles. The first-order valence-electron chi connectivity index (χ1n) is 8.01. The Balaban J connectivity index is 2.01. The molecule has 0 saturated carbocycles. The molecule has 0 aliphatic carbocycles. The minimum atomic E-state index is -0.0290. The van der Waals surface area contributed by atoms with Crippen molar-refractivity contribution in [1.82, 2.24) is 10.2 Å². The summed E-state index contributed by atoms with van der Waals surface area (Å²) >= 11 is 0. The van der Waals surface area contributed by atoms with E-state index in [-0.39, 0.29) is 5.91 Å². The van der Waals surface area contributed by atoms with Crippen LogP contribution < -0.4 is 10.2 Å². The second-order valence-corrected chi connectivity index (χ2v) is 5.92. The van der Waals surface area contributed by atoms with Crippen LogP contribution in [0.4, 0.5) is 11.6 Å². The maximum atomic E-state index is 11.7. The van der Waals surface area contributed by atoms with Crippen LogP contribution in [-0.2, 0) is 11.3 Å². The summed E-state index contributed by atoms with van der Waals surface area (Å²) in [5.74, 6) is 1.59.